The molecule has 0 aliphatic carbocycles. The zero-order chi connectivity index (χ0) is 28.5. The summed E-state index contributed by atoms with van der Waals surface area (Å²) >= 11 is 6.11. The number of fused-ring (bicyclic) bond motifs is 3. The second-order valence-corrected chi connectivity index (χ2v) is 10.5. The normalized spacial score (nSPS) is 17.2. The average Bonchev–Trinajstić information content (AvgIpc) is 3.33. The van der Waals surface area contributed by atoms with Crippen molar-refractivity contribution in [3.63, 3.8) is 0 Å². The standard InChI is InChI=1S/C32H26ClNO7/c33-22-6-3-4-19(12-22)18-39-24-10-8-21(16-34-17-23(35)13-27(34)32(37)38)28(14-24)40-29-15-30(36)41-31-25-7-2-1-5-20(25)9-11-26(29)31/h1-12,14-15,23,27,35H,13,16-18H2,(H,37,38)/t23-,27+/m1/s1. The van der Waals surface area contributed by atoms with E-state index in [1.165, 1.54) is 6.07 Å². The van der Waals surface area contributed by atoms with E-state index in [1.54, 1.807) is 29.2 Å². The number of likely N-dealkylation sites (tertiary alicyclic amines) is 1. The zero-order valence-corrected chi connectivity index (χ0v) is 22.6. The highest BCUT2D eigenvalue weighted by Crippen LogP contribution is 2.37. The summed E-state index contributed by atoms with van der Waals surface area (Å²) in [6.45, 7) is 0.691. The van der Waals surface area contributed by atoms with Crippen LogP contribution in [0, 0.1) is 0 Å². The number of aliphatic hydroxyl groups excluding tert-OH is 1. The molecule has 2 heterocycles. The number of aliphatic carboxylic acids is 1. The monoisotopic (exact) mass is 571 g/mol. The molecule has 8 nitrogen and oxygen atoms in total. The van der Waals surface area contributed by atoms with E-state index >= 15 is 0 Å². The molecule has 0 saturated carbocycles. The number of carbonyl (C=O) groups is 1. The summed E-state index contributed by atoms with van der Waals surface area (Å²) in [6.07, 6.45) is -0.596. The Hall–Kier alpha value is -4.37. The molecule has 1 saturated heterocycles. The molecule has 9 heteroatoms. The van der Waals surface area contributed by atoms with Crippen molar-refractivity contribution >= 4 is 39.3 Å². The van der Waals surface area contributed by atoms with Crippen molar-refractivity contribution < 1.29 is 28.9 Å². The van der Waals surface area contributed by atoms with E-state index < -0.39 is 23.7 Å². The molecular formula is C32H26ClNO7. The molecule has 5 aromatic rings. The van der Waals surface area contributed by atoms with Crippen LogP contribution in [-0.2, 0) is 17.9 Å². The van der Waals surface area contributed by atoms with Gasteiger partial charge in [0.25, 0.3) is 0 Å². The number of rotatable bonds is 8. The van der Waals surface area contributed by atoms with Crippen molar-refractivity contribution in [1.82, 2.24) is 4.90 Å². The van der Waals surface area contributed by atoms with E-state index in [2.05, 4.69) is 0 Å². The van der Waals surface area contributed by atoms with Gasteiger partial charge in [-0.2, -0.15) is 0 Å². The van der Waals surface area contributed by atoms with Gasteiger partial charge in [-0.05, 0) is 35.2 Å². The number of carboxylic acids is 1. The Morgan fingerprint density at radius 3 is 2.66 bits per heavy atom. The first-order valence-corrected chi connectivity index (χ1v) is 13.5. The maximum Gasteiger partial charge on any atom is 0.339 e. The van der Waals surface area contributed by atoms with Gasteiger partial charge in [0.15, 0.2) is 0 Å². The van der Waals surface area contributed by atoms with Gasteiger partial charge in [0, 0.05) is 41.5 Å². The molecule has 1 fully saturated rings. The molecule has 1 aliphatic rings. The molecule has 2 N–H and O–H groups in total. The van der Waals surface area contributed by atoms with E-state index in [4.69, 9.17) is 25.5 Å². The highest BCUT2D eigenvalue weighted by atomic mass is 35.5. The quantitative estimate of drug-likeness (QED) is 0.173. The molecule has 208 valence electrons. The smallest absolute Gasteiger partial charge is 0.339 e. The lowest BCUT2D eigenvalue weighted by Gasteiger charge is -2.23. The van der Waals surface area contributed by atoms with Gasteiger partial charge < -0.3 is 24.1 Å². The predicted octanol–water partition coefficient (Wildman–Crippen LogP) is 5.99. The van der Waals surface area contributed by atoms with Gasteiger partial charge in [0.2, 0.25) is 0 Å². The molecule has 0 unspecified atom stereocenters. The fourth-order valence-electron chi connectivity index (χ4n) is 5.24. The number of carboxylic acid groups (broad SMARTS) is 1. The third kappa shape index (κ3) is 5.76. The van der Waals surface area contributed by atoms with Gasteiger partial charge in [-0.15, -0.1) is 0 Å². The highest BCUT2D eigenvalue weighted by Gasteiger charge is 2.36. The summed E-state index contributed by atoms with van der Waals surface area (Å²) in [5, 5.41) is 22.8. The molecule has 1 aliphatic heterocycles. The Balaban J connectivity index is 1.39. The lowest BCUT2D eigenvalue weighted by molar-refractivity contribution is -0.142. The van der Waals surface area contributed by atoms with Crippen LogP contribution < -0.4 is 15.1 Å². The number of benzene rings is 4. The maximum atomic E-state index is 12.6. The predicted molar refractivity (Wildman–Crippen MR) is 155 cm³/mol. The minimum atomic E-state index is -0.996. The van der Waals surface area contributed by atoms with Crippen molar-refractivity contribution in [2.24, 2.45) is 0 Å². The largest absolute Gasteiger partial charge is 0.489 e. The third-order valence-corrected chi connectivity index (χ3v) is 7.42. The number of hydrogen-bond donors (Lipinski definition) is 2. The summed E-state index contributed by atoms with van der Waals surface area (Å²) in [7, 11) is 0. The van der Waals surface area contributed by atoms with Crippen LogP contribution in [0.3, 0.4) is 0 Å². The highest BCUT2D eigenvalue weighted by molar-refractivity contribution is 6.30. The summed E-state index contributed by atoms with van der Waals surface area (Å²) in [5.41, 5.74) is 1.40. The molecule has 0 amide bonds. The second-order valence-electron chi connectivity index (χ2n) is 10.1. The van der Waals surface area contributed by atoms with Crippen molar-refractivity contribution in [2.75, 3.05) is 6.54 Å². The number of hydrogen-bond acceptors (Lipinski definition) is 7. The van der Waals surface area contributed by atoms with Crippen LogP contribution in [0.5, 0.6) is 17.2 Å². The number of aliphatic hydroxyl groups is 1. The van der Waals surface area contributed by atoms with Gasteiger partial charge in [0.1, 0.15) is 35.5 Å². The van der Waals surface area contributed by atoms with Crippen LogP contribution in [-0.4, -0.2) is 39.8 Å². The van der Waals surface area contributed by atoms with E-state index in [9.17, 15) is 19.8 Å². The van der Waals surface area contributed by atoms with Crippen LogP contribution in [0.25, 0.3) is 21.7 Å². The number of β-amino-alcohol motifs (C(OH)–C–C–N with tert-alkyl or cyclic N) is 1. The summed E-state index contributed by atoms with van der Waals surface area (Å²) in [6, 6.07) is 24.5. The van der Waals surface area contributed by atoms with E-state index in [0.29, 0.717) is 38.8 Å². The van der Waals surface area contributed by atoms with Gasteiger partial charge >= 0.3 is 11.6 Å². The first-order chi connectivity index (χ1) is 19.8. The first kappa shape index (κ1) is 26.8. The Morgan fingerprint density at radius 2 is 1.83 bits per heavy atom. The zero-order valence-electron chi connectivity index (χ0n) is 21.8. The SMILES string of the molecule is O=C(O)[C@@H]1C[C@@H](O)CN1Cc1ccc(OCc2cccc(Cl)c2)cc1Oc1cc(=O)oc2c1ccc1ccccc12. The van der Waals surface area contributed by atoms with Gasteiger partial charge in [-0.3, -0.25) is 9.69 Å². The van der Waals surface area contributed by atoms with Crippen LogP contribution in [0.1, 0.15) is 17.5 Å². The van der Waals surface area contributed by atoms with Crippen molar-refractivity contribution in [3.8, 4) is 17.2 Å². The van der Waals surface area contributed by atoms with Crippen molar-refractivity contribution in [3.05, 3.63) is 111 Å². The van der Waals surface area contributed by atoms with Crippen LogP contribution >= 0.6 is 11.6 Å². The maximum absolute atomic E-state index is 12.6. The number of nitrogens with zero attached hydrogens (tertiary/aromatic N) is 1. The van der Waals surface area contributed by atoms with Crippen LogP contribution in [0.4, 0.5) is 0 Å². The Morgan fingerprint density at radius 1 is 0.976 bits per heavy atom. The summed E-state index contributed by atoms with van der Waals surface area (Å²) < 4.78 is 18.0. The molecule has 2 atom stereocenters. The molecule has 0 spiro atoms. The van der Waals surface area contributed by atoms with Crippen LogP contribution in [0.15, 0.2) is 94.1 Å². The molecule has 0 radical (unpaired) electrons. The van der Waals surface area contributed by atoms with E-state index in [-0.39, 0.29) is 26.1 Å². The first-order valence-electron chi connectivity index (χ1n) is 13.1. The summed E-state index contributed by atoms with van der Waals surface area (Å²) in [4.78, 5) is 26.2. The fraction of sp³-hybridized carbons (Fsp3) is 0.188. The molecule has 6 rings (SSSR count). The Kier molecular flexibility index (Phi) is 7.36. The third-order valence-electron chi connectivity index (χ3n) is 7.19. The minimum Gasteiger partial charge on any atom is -0.489 e. The topological polar surface area (TPSA) is 109 Å². The summed E-state index contributed by atoms with van der Waals surface area (Å²) in [5.74, 6) is 0.201. The van der Waals surface area contributed by atoms with Gasteiger partial charge in [0.05, 0.1) is 17.6 Å². The molecule has 1 aromatic heterocycles. The molecule has 41 heavy (non-hydrogen) atoms. The van der Waals surface area contributed by atoms with Gasteiger partial charge in [-0.1, -0.05) is 60.1 Å². The molecule has 0 bridgehead atoms. The average molecular weight is 572 g/mol. The Labute approximate surface area is 239 Å². The van der Waals surface area contributed by atoms with Crippen molar-refractivity contribution in [1.29, 1.82) is 0 Å². The van der Waals surface area contributed by atoms with E-state index in [0.717, 1.165) is 16.3 Å². The van der Waals surface area contributed by atoms with Crippen molar-refractivity contribution in [2.45, 2.75) is 31.7 Å². The molecule has 4 aromatic carbocycles. The van der Waals surface area contributed by atoms with E-state index in [1.807, 2.05) is 54.6 Å². The lowest BCUT2D eigenvalue weighted by Crippen LogP contribution is -2.35. The lowest BCUT2D eigenvalue weighted by atomic mass is 10.1. The van der Waals surface area contributed by atoms with Crippen LogP contribution in [0.2, 0.25) is 5.02 Å². The molecular weight excluding hydrogens is 546 g/mol. The minimum absolute atomic E-state index is 0.143. The Bertz CT molecular complexity index is 1820. The van der Waals surface area contributed by atoms with Gasteiger partial charge in [-0.25, -0.2) is 4.79 Å². The fourth-order valence-corrected chi connectivity index (χ4v) is 5.45. The second kappa shape index (κ2) is 11.2. The number of ether oxygens (including phenoxy) is 2. The number of halogens is 1.